The van der Waals surface area contributed by atoms with Crippen molar-refractivity contribution in [3.63, 3.8) is 0 Å². The molecule has 0 amide bonds. The summed E-state index contributed by atoms with van der Waals surface area (Å²) in [5.41, 5.74) is 2.20. The molecule has 160 valence electrons. The van der Waals surface area contributed by atoms with Gasteiger partial charge in [-0.3, -0.25) is 0 Å². The van der Waals surface area contributed by atoms with Gasteiger partial charge in [0.1, 0.15) is 0 Å². The Labute approximate surface area is 176 Å². The van der Waals surface area contributed by atoms with Crippen LogP contribution in [0.15, 0.2) is 11.3 Å². The number of hydrogen-bond donors (Lipinski definition) is 0. The third kappa shape index (κ3) is 3.94. The second kappa shape index (κ2) is 7.27. The maximum Gasteiger partial charge on any atom is 0.241 e. The van der Waals surface area contributed by atoms with E-state index in [0.29, 0.717) is 11.5 Å². The molecule has 3 fully saturated rings. The second-order valence-electron chi connectivity index (χ2n) is 12.5. The van der Waals surface area contributed by atoms with Crippen molar-refractivity contribution in [2.24, 2.45) is 29.1 Å². The Morgan fingerprint density at radius 1 is 0.821 bits per heavy atom. The summed E-state index contributed by atoms with van der Waals surface area (Å²) in [5.74, 6) is 5.04. The Bertz CT molecular complexity index is 629. The van der Waals surface area contributed by atoms with Gasteiger partial charge in [0.2, 0.25) is 8.32 Å². The SMILES string of the molecule is C[C@]12CCC3C4CCCC(O[Si](C)(C)C)=C4CCC3C1CC[C@@H]2O[Si](C)(C)C. The maximum absolute atomic E-state index is 6.74. The molecule has 0 spiro atoms. The van der Waals surface area contributed by atoms with Crippen molar-refractivity contribution in [1.82, 2.24) is 0 Å². The van der Waals surface area contributed by atoms with Crippen molar-refractivity contribution in [2.75, 3.05) is 0 Å². The molecule has 3 saturated carbocycles. The molecule has 4 unspecified atom stereocenters. The molecule has 0 aromatic heterocycles. The fraction of sp³-hybridized carbons (Fsp3) is 0.917. The Kier molecular flexibility index (Phi) is 5.49. The van der Waals surface area contributed by atoms with E-state index in [-0.39, 0.29) is 0 Å². The van der Waals surface area contributed by atoms with Crippen molar-refractivity contribution in [3.05, 3.63) is 11.3 Å². The van der Waals surface area contributed by atoms with Crippen LogP contribution in [0.4, 0.5) is 0 Å². The van der Waals surface area contributed by atoms with Gasteiger partial charge >= 0.3 is 0 Å². The molecule has 4 aliphatic rings. The Morgan fingerprint density at radius 2 is 1.57 bits per heavy atom. The molecule has 4 heteroatoms. The van der Waals surface area contributed by atoms with Crippen molar-refractivity contribution in [3.8, 4) is 0 Å². The average molecular weight is 421 g/mol. The predicted molar refractivity (Wildman–Crippen MR) is 123 cm³/mol. The molecule has 4 rings (SSSR count). The van der Waals surface area contributed by atoms with E-state index in [1.807, 2.05) is 0 Å². The van der Waals surface area contributed by atoms with Crippen LogP contribution in [0.1, 0.15) is 64.7 Å². The fourth-order valence-electron chi connectivity index (χ4n) is 7.43. The van der Waals surface area contributed by atoms with Gasteiger partial charge in [-0.2, -0.15) is 0 Å². The van der Waals surface area contributed by atoms with Crippen LogP contribution >= 0.6 is 0 Å². The quantitative estimate of drug-likeness (QED) is 0.443. The third-order valence-corrected chi connectivity index (χ3v) is 10.2. The Morgan fingerprint density at radius 3 is 2.25 bits per heavy atom. The van der Waals surface area contributed by atoms with E-state index in [2.05, 4.69) is 46.2 Å². The monoisotopic (exact) mass is 420 g/mol. The number of fused-ring (bicyclic) bond motifs is 5. The summed E-state index contributed by atoms with van der Waals surface area (Å²) < 4.78 is 13.4. The lowest BCUT2D eigenvalue weighted by molar-refractivity contribution is -0.0485. The van der Waals surface area contributed by atoms with E-state index in [4.69, 9.17) is 8.85 Å². The van der Waals surface area contributed by atoms with Crippen LogP contribution in [0.2, 0.25) is 39.3 Å². The zero-order valence-corrected chi connectivity index (χ0v) is 21.6. The van der Waals surface area contributed by atoms with Crippen LogP contribution < -0.4 is 0 Å². The van der Waals surface area contributed by atoms with Gasteiger partial charge in [-0.25, -0.2) is 0 Å². The molecule has 0 bridgehead atoms. The van der Waals surface area contributed by atoms with Gasteiger partial charge in [-0.15, -0.1) is 0 Å². The summed E-state index contributed by atoms with van der Waals surface area (Å²) in [7, 11) is -2.97. The largest absolute Gasteiger partial charge is 0.547 e. The highest BCUT2D eigenvalue weighted by molar-refractivity contribution is 6.70. The molecule has 2 nitrogen and oxygen atoms in total. The standard InChI is InChI=1S/C24H44O2Si2/c1-24-16-15-18-17-9-8-10-22(25-27(2,3)4)20(17)12-11-19(18)21(24)13-14-23(24)26-28(5,6)7/h17-19,21,23H,8-16H2,1-7H3/t17?,18?,19?,21?,23-,24-/m0/s1. The highest BCUT2D eigenvalue weighted by Gasteiger charge is 2.57. The molecule has 0 saturated heterocycles. The third-order valence-electron chi connectivity index (χ3n) is 8.32. The van der Waals surface area contributed by atoms with Crippen LogP contribution in [-0.4, -0.2) is 22.7 Å². The van der Waals surface area contributed by atoms with Crippen molar-refractivity contribution in [1.29, 1.82) is 0 Å². The van der Waals surface area contributed by atoms with E-state index >= 15 is 0 Å². The average Bonchev–Trinajstić information content (AvgIpc) is 2.88. The highest BCUT2D eigenvalue weighted by Crippen LogP contribution is 2.63. The fourth-order valence-corrected chi connectivity index (χ4v) is 9.65. The summed E-state index contributed by atoms with van der Waals surface area (Å²) in [6, 6.07) is 0. The van der Waals surface area contributed by atoms with Crippen LogP contribution in [0, 0.1) is 29.1 Å². The van der Waals surface area contributed by atoms with Gasteiger partial charge in [-0.1, -0.05) is 6.92 Å². The van der Waals surface area contributed by atoms with Crippen LogP contribution in [0.3, 0.4) is 0 Å². The number of allylic oxidation sites excluding steroid dienone is 2. The first-order valence-electron chi connectivity index (χ1n) is 12.1. The summed E-state index contributed by atoms with van der Waals surface area (Å²) in [4.78, 5) is 0. The lowest BCUT2D eigenvalue weighted by Crippen LogP contribution is -2.49. The normalized spacial score (nSPS) is 41.3. The van der Waals surface area contributed by atoms with Crippen molar-refractivity contribution in [2.45, 2.75) is 110 Å². The molecule has 0 heterocycles. The van der Waals surface area contributed by atoms with E-state index < -0.39 is 16.6 Å². The summed E-state index contributed by atoms with van der Waals surface area (Å²) >= 11 is 0. The minimum Gasteiger partial charge on any atom is -0.547 e. The molecular weight excluding hydrogens is 376 g/mol. The predicted octanol–water partition coefficient (Wildman–Crippen LogP) is 7.35. The van der Waals surface area contributed by atoms with Gasteiger partial charge < -0.3 is 8.85 Å². The summed E-state index contributed by atoms with van der Waals surface area (Å²) in [5, 5.41) is 0. The van der Waals surface area contributed by atoms with E-state index in [1.165, 1.54) is 63.5 Å². The zero-order valence-electron chi connectivity index (χ0n) is 19.6. The molecule has 0 aromatic rings. The zero-order chi connectivity index (χ0) is 20.3. The second-order valence-corrected chi connectivity index (χ2v) is 21.4. The molecular formula is C24H44O2Si2. The molecule has 4 aliphatic carbocycles. The minimum atomic E-state index is -1.50. The first-order chi connectivity index (χ1) is 13.0. The van der Waals surface area contributed by atoms with E-state index in [1.54, 1.807) is 5.57 Å². The van der Waals surface area contributed by atoms with Crippen LogP contribution in [0.5, 0.6) is 0 Å². The molecule has 6 atom stereocenters. The lowest BCUT2D eigenvalue weighted by Gasteiger charge is -2.54. The maximum atomic E-state index is 6.74. The Balaban J connectivity index is 1.55. The van der Waals surface area contributed by atoms with Gasteiger partial charge in [0.05, 0.1) is 11.9 Å². The van der Waals surface area contributed by atoms with Gasteiger partial charge in [0, 0.05) is 6.42 Å². The lowest BCUT2D eigenvalue weighted by atomic mass is 9.52. The van der Waals surface area contributed by atoms with E-state index in [0.717, 1.165) is 23.7 Å². The highest BCUT2D eigenvalue weighted by atomic mass is 28.4. The summed E-state index contributed by atoms with van der Waals surface area (Å²) in [6.45, 7) is 16.7. The Hall–Kier alpha value is -0.0662. The smallest absolute Gasteiger partial charge is 0.241 e. The minimum absolute atomic E-state index is 0.439. The van der Waals surface area contributed by atoms with Gasteiger partial charge in [0.15, 0.2) is 8.32 Å². The number of hydrogen-bond acceptors (Lipinski definition) is 2. The van der Waals surface area contributed by atoms with Gasteiger partial charge in [-0.05, 0) is 125 Å². The van der Waals surface area contributed by atoms with Crippen molar-refractivity contribution >= 4 is 16.6 Å². The summed E-state index contributed by atoms with van der Waals surface area (Å²) in [6.07, 6.45) is 12.8. The molecule has 0 radical (unpaired) electrons. The number of rotatable bonds is 4. The molecule has 0 N–H and O–H groups in total. The topological polar surface area (TPSA) is 18.5 Å². The van der Waals surface area contributed by atoms with E-state index in [9.17, 15) is 0 Å². The van der Waals surface area contributed by atoms with Crippen LogP contribution in [-0.2, 0) is 8.85 Å². The first-order valence-corrected chi connectivity index (χ1v) is 18.9. The first kappa shape index (κ1) is 21.2. The molecule has 0 aromatic carbocycles. The molecule has 0 aliphatic heterocycles. The van der Waals surface area contributed by atoms with Gasteiger partial charge in [0.25, 0.3) is 0 Å². The van der Waals surface area contributed by atoms with Crippen molar-refractivity contribution < 1.29 is 8.85 Å². The van der Waals surface area contributed by atoms with Crippen LogP contribution in [0.25, 0.3) is 0 Å². The molecule has 28 heavy (non-hydrogen) atoms.